The summed E-state index contributed by atoms with van der Waals surface area (Å²) in [4.78, 5) is 17.8. The third kappa shape index (κ3) is 8.32. The highest BCUT2D eigenvalue weighted by Gasteiger charge is 2.25. The van der Waals surface area contributed by atoms with E-state index in [2.05, 4.69) is 15.2 Å². The van der Waals surface area contributed by atoms with Gasteiger partial charge in [-0.1, -0.05) is 0 Å². The van der Waals surface area contributed by atoms with Crippen LogP contribution in [-0.4, -0.2) is 86.0 Å². The Kier molecular flexibility index (Phi) is 11.3. The number of nitrogens with two attached hydrogens (primary N) is 1. The van der Waals surface area contributed by atoms with Gasteiger partial charge in [0.25, 0.3) is 0 Å². The zero-order chi connectivity index (χ0) is 19.0. The number of hydrogen-bond acceptors (Lipinski definition) is 5. The number of hydrogen-bond donors (Lipinski definition) is 2. The van der Waals surface area contributed by atoms with Crippen molar-refractivity contribution in [3.05, 3.63) is 0 Å². The van der Waals surface area contributed by atoms with E-state index in [1.165, 1.54) is 0 Å². The summed E-state index contributed by atoms with van der Waals surface area (Å²) in [5, 5.41) is 3.24. The van der Waals surface area contributed by atoms with Crippen molar-refractivity contribution >= 4 is 57.6 Å². The van der Waals surface area contributed by atoms with E-state index in [1.807, 2.05) is 6.92 Å². The summed E-state index contributed by atoms with van der Waals surface area (Å²) < 4.78 is 26.5. The van der Waals surface area contributed by atoms with Crippen LogP contribution in [0.3, 0.4) is 0 Å². The van der Waals surface area contributed by atoms with Gasteiger partial charge in [0.15, 0.2) is 5.96 Å². The lowest BCUT2D eigenvalue weighted by Gasteiger charge is -2.34. The van der Waals surface area contributed by atoms with Crippen LogP contribution in [0.2, 0.25) is 0 Å². The predicted octanol–water partition coefficient (Wildman–Crippen LogP) is 0.536. The molecule has 2 aliphatic rings. The fraction of sp³-hybridized carbons (Fsp3) is 0.875. The van der Waals surface area contributed by atoms with Crippen molar-refractivity contribution in [1.82, 2.24) is 14.5 Å². The number of nitrogens with zero attached hydrogens (tertiary/aromatic N) is 3. The Balaban J connectivity index is 0.00000364. The minimum Gasteiger partial charge on any atom is -0.370 e. The van der Waals surface area contributed by atoms with Gasteiger partial charge in [0.05, 0.1) is 12.3 Å². The quantitative estimate of drug-likeness (QED) is 0.281. The Morgan fingerprint density at radius 1 is 1.30 bits per heavy atom. The molecule has 2 saturated heterocycles. The Bertz CT molecular complexity index is 597. The average molecular weight is 534 g/mol. The molecule has 0 radical (unpaired) electrons. The summed E-state index contributed by atoms with van der Waals surface area (Å²) in [5.41, 5.74) is 5.33. The van der Waals surface area contributed by atoms with Crippen LogP contribution in [0.25, 0.3) is 0 Å². The summed E-state index contributed by atoms with van der Waals surface area (Å²) >= 11 is 1.79. The molecule has 0 aromatic carbocycles. The maximum absolute atomic E-state index is 12.4. The van der Waals surface area contributed by atoms with Gasteiger partial charge in [-0.3, -0.25) is 9.79 Å². The molecule has 2 heterocycles. The van der Waals surface area contributed by atoms with Gasteiger partial charge in [0, 0.05) is 50.7 Å². The number of likely N-dealkylation sites (tertiary alicyclic amines) is 1. The molecule has 0 spiro atoms. The molecule has 2 aliphatic heterocycles. The van der Waals surface area contributed by atoms with Gasteiger partial charge in [-0.2, -0.15) is 11.8 Å². The molecule has 11 heteroatoms. The molecule has 2 fully saturated rings. The van der Waals surface area contributed by atoms with E-state index in [1.54, 1.807) is 16.1 Å². The van der Waals surface area contributed by atoms with Crippen LogP contribution in [0, 0.1) is 5.92 Å². The highest BCUT2D eigenvalue weighted by atomic mass is 127. The molecular formula is C16H32IN5O3S2. The van der Waals surface area contributed by atoms with Crippen LogP contribution in [0.4, 0.5) is 0 Å². The third-order valence-corrected chi connectivity index (χ3v) is 7.41. The fourth-order valence-electron chi connectivity index (χ4n) is 3.36. The Hall–Kier alpha value is -0.270. The fourth-order valence-corrected chi connectivity index (χ4v) is 5.81. The topological polar surface area (TPSA) is 108 Å². The number of carbonyl (C=O) groups is 1. The van der Waals surface area contributed by atoms with Crippen molar-refractivity contribution in [1.29, 1.82) is 0 Å². The van der Waals surface area contributed by atoms with Gasteiger partial charge < -0.3 is 16.0 Å². The molecule has 0 aromatic heterocycles. The smallest absolute Gasteiger partial charge is 0.217 e. The number of halogens is 1. The van der Waals surface area contributed by atoms with E-state index in [9.17, 15) is 13.2 Å². The summed E-state index contributed by atoms with van der Waals surface area (Å²) in [6, 6.07) is 0. The van der Waals surface area contributed by atoms with Gasteiger partial charge >= 0.3 is 0 Å². The first-order valence-corrected chi connectivity index (χ1v) is 12.1. The van der Waals surface area contributed by atoms with E-state index < -0.39 is 10.0 Å². The SMILES string of the molecule is CCNC(=NCCS(=O)(=O)N1CCSCC1)N1CCCC(CC(N)=O)C1.I. The van der Waals surface area contributed by atoms with Crippen molar-refractivity contribution in [2.45, 2.75) is 26.2 Å². The van der Waals surface area contributed by atoms with Crippen LogP contribution in [-0.2, 0) is 14.8 Å². The first-order chi connectivity index (χ1) is 12.4. The highest BCUT2D eigenvalue weighted by Crippen LogP contribution is 2.19. The largest absolute Gasteiger partial charge is 0.370 e. The molecule has 158 valence electrons. The Labute approximate surface area is 184 Å². The lowest BCUT2D eigenvalue weighted by molar-refractivity contribution is -0.119. The molecule has 8 nitrogen and oxygen atoms in total. The first-order valence-electron chi connectivity index (χ1n) is 9.29. The summed E-state index contributed by atoms with van der Waals surface area (Å²) in [7, 11) is -3.25. The van der Waals surface area contributed by atoms with E-state index in [-0.39, 0.29) is 48.1 Å². The van der Waals surface area contributed by atoms with Crippen LogP contribution in [0.5, 0.6) is 0 Å². The monoisotopic (exact) mass is 533 g/mol. The molecule has 1 atom stereocenters. The number of primary amides is 1. The number of guanidine groups is 1. The molecular weight excluding hydrogens is 501 g/mol. The maximum atomic E-state index is 12.4. The lowest BCUT2D eigenvalue weighted by atomic mass is 9.95. The molecule has 1 unspecified atom stereocenters. The number of nitrogens with one attached hydrogen (secondary N) is 1. The maximum Gasteiger partial charge on any atom is 0.217 e. The van der Waals surface area contributed by atoms with Gasteiger partial charge in [-0.05, 0) is 25.7 Å². The molecule has 3 N–H and O–H groups in total. The second kappa shape index (κ2) is 12.3. The number of carbonyl (C=O) groups excluding carboxylic acids is 1. The van der Waals surface area contributed by atoms with Gasteiger partial charge in [0.1, 0.15) is 0 Å². The summed E-state index contributed by atoms with van der Waals surface area (Å²) in [6.45, 7) is 5.72. The molecule has 0 aromatic rings. The Morgan fingerprint density at radius 2 is 2.00 bits per heavy atom. The molecule has 2 rings (SSSR count). The minimum atomic E-state index is -3.25. The molecule has 27 heavy (non-hydrogen) atoms. The van der Waals surface area contributed by atoms with Crippen molar-refractivity contribution in [2.24, 2.45) is 16.6 Å². The number of piperidine rings is 1. The molecule has 0 saturated carbocycles. The standard InChI is InChI=1S/C16H31N5O3S2.HI/c1-2-18-16(20-6-3-4-14(13-20)12-15(17)22)19-5-11-26(23,24)21-7-9-25-10-8-21;/h14H,2-13H2,1H3,(H2,17,22)(H,18,19);1H. The van der Waals surface area contributed by atoms with Crippen molar-refractivity contribution in [3.63, 3.8) is 0 Å². The summed E-state index contributed by atoms with van der Waals surface area (Å²) in [6.07, 6.45) is 2.35. The minimum absolute atomic E-state index is 0. The molecule has 0 aliphatic carbocycles. The van der Waals surface area contributed by atoms with Crippen molar-refractivity contribution < 1.29 is 13.2 Å². The Morgan fingerprint density at radius 3 is 2.63 bits per heavy atom. The van der Waals surface area contributed by atoms with Crippen LogP contribution in [0.15, 0.2) is 4.99 Å². The van der Waals surface area contributed by atoms with Crippen LogP contribution >= 0.6 is 35.7 Å². The lowest BCUT2D eigenvalue weighted by Crippen LogP contribution is -2.47. The number of amides is 1. The number of aliphatic imine (C=N–C) groups is 1. The number of rotatable bonds is 7. The van der Waals surface area contributed by atoms with E-state index in [4.69, 9.17) is 5.73 Å². The number of thioether (sulfide) groups is 1. The molecule has 0 bridgehead atoms. The van der Waals surface area contributed by atoms with E-state index >= 15 is 0 Å². The zero-order valence-corrected chi connectivity index (χ0v) is 19.9. The van der Waals surface area contributed by atoms with E-state index in [0.29, 0.717) is 26.1 Å². The normalized spacial score (nSPS) is 22.2. The van der Waals surface area contributed by atoms with Crippen molar-refractivity contribution in [3.8, 4) is 0 Å². The second-order valence-corrected chi connectivity index (χ2v) is 10.0. The van der Waals surface area contributed by atoms with Gasteiger partial charge in [-0.15, -0.1) is 24.0 Å². The average Bonchev–Trinajstić information content (AvgIpc) is 2.61. The predicted molar refractivity (Wildman–Crippen MR) is 122 cm³/mol. The first kappa shape index (κ1) is 24.8. The third-order valence-electron chi connectivity index (χ3n) is 4.62. The van der Waals surface area contributed by atoms with Gasteiger partial charge in [-0.25, -0.2) is 12.7 Å². The second-order valence-electron chi connectivity index (χ2n) is 6.69. The van der Waals surface area contributed by atoms with Gasteiger partial charge in [0.2, 0.25) is 15.9 Å². The highest BCUT2D eigenvalue weighted by molar-refractivity contribution is 14.0. The van der Waals surface area contributed by atoms with E-state index in [0.717, 1.165) is 43.4 Å². The summed E-state index contributed by atoms with van der Waals surface area (Å²) in [5.74, 6) is 2.45. The molecule has 1 amide bonds. The number of sulfonamides is 1. The van der Waals surface area contributed by atoms with Crippen LogP contribution in [0.1, 0.15) is 26.2 Å². The van der Waals surface area contributed by atoms with Crippen LogP contribution < -0.4 is 11.1 Å². The van der Waals surface area contributed by atoms with Crippen molar-refractivity contribution in [2.75, 3.05) is 56.5 Å². The zero-order valence-electron chi connectivity index (χ0n) is 15.9.